The summed E-state index contributed by atoms with van der Waals surface area (Å²) in [5.41, 5.74) is 0.140. The molecule has 1 aromatic rings. The van der Waals surface area contributed by atoms with Crippen molar-refractivity contribution in [3.8, 4) is 0 Å². The lowest BCUT2D eigenvalue weighted by Crippen LogP contribution is -2.47. The number of nitrogens with one attached hydrogen (secondary N) is 1. The standard InChI is InChI=1S/C23H34F3N3O2/c1-31-16-2-3-21(30)27-18-6-4-17(5-7-18)10-11-28-12-14-29(15-13-28)20-9-8-19(24)22(25)23(20)26/h8-9,17-18H,2-7,10-16H2,1H3,(H,27,30)/t17-,18-. The quantitative estimate of drug-likeness (QED) is 0.469. The fourth-order valence-electron chi connectivity index (χ4n) is 4.61. The largest absolute Gasteiger partial charge is 0.385 e. The molecule has 174 valence electrons. The number of ether oxygens (including phenoxy) is 1. The molecule has 3 rings (SSSR count). The fourth-order valence-corrected chi connectivity index (χ4v) is 4.61. The first kappa shape index (κ1) is 23.9. The molecule has 1 amide bonds. The number of piperazine rings is 1. The molecule has 0 atom stereocenters. The molecule has 0 radical (unpaired) electrons. The summed E-state index contributed by atoms with van der Waals surface area (Å²) in [5.74, 6) is -2.86. The SMILES string of the molecule is COCCCC(=O)N[C@H]1CC[C@H](CCN2CCN(c3ccc(F)c(F)c3F)CC2)CC1. The Labute approximate surface area is 182 Å². The van der Waals surface area contributed by atoms with Gasteiger partial charge < -0.3 is 15.0 Å². The van der Waals surface area contributed by atoms with Gasteiger partial charge in [0.25, 0.3) is 0 Å². The van der Waals surface area contributed by atoms with Crippen LogP contribution in [0.15, 0.2) is 12.1 Å². The first-order chi connectivity index (χ1) is 15.0. The Hall–Kier alpha value is -1.80. The molecule has 0 aromatic heterocycles. The van der Waals surface area contributed by atoms with Crippen LogP contribution >= 0.6 is 0 Å². The van der Waals surface area contributed by atoms with E-state index in [4.69, 9.17) is 4.74 Å². The smallest absolute Gasteiger partial charge is 0.220 e. The van der Waals surface area contributed by atoms with Crippen LogP contribution in [0, 0.1) is 23.4 Å². The van der Waals surface area contributed by atoms with Crippen LogP contribution in [0.25, 0.3) is 0 Å². The third-order valence-electron chi connectivity index (χ3n) is 6.55. The maximum atomic E-state index is 14.0. The average molecular weight is 442 g/mol. The van der Waals surface area contributed by atoms with Crippen molar-refractivity contribution in [3.05, 3.63) is 29.6 Å². The molecule has 1 N–H and O–H groups in total. The van der Waals surface area contributed by atoms with E-state index in [0.717, 1.165) is 64.2 Å². The molecule has 5 nitrogen and oxygen atoms in total. The second-order valence-electron chi connectivity index (χ2n) is 8.69. The van der Waals surface area contributed by atoms with Crippen molar-refractivity contribution in [2.75, 3.05) is 51.3 Å². The highest BCUT2D eigenvalue weighted by Crippen LogP contribution is 2.28. The Bertz CT molecular complexity index is 718. The summed E-state index contributed by atoms with van der Waals surface area (Å²) < 4.78 is 45.7. The number of hydrogen-bond acceptors (Lipinski definition) is 4. The maximum Gasteiger partial charge on any atom is 0.220 e. The van der Waals surface area contributed by atoms with Gasteiger partial charge in [-0.05, 0) is 63.1 Å². The van der Waals surface area contributed by atoms with Gasteiger partial charge in [0.05, 0.1) is 5.69 Å². The molecule has 31 heavy (non-hydrogen) atoms. The van der Waals surface area contributed by atoms with E-state index in [9.17, 15) is 18.0 Å². The van der Waals surface area contributed by atoms with Gasteiger partial charge in [0.1, 0.15) is 0 Å². The average Bonchev–Trinajstić information content (AvgIpc) is 2.78. The fraction of sp³-hybridized carbons (Fsp3) is 0.696. The van der Waals surface area contributed by atoms with Crippen LogP contribution in [-0.4, -0.2) is 63.3 Å². The van der Waals surface area contributed by atoms with Crippen molar-refractivity contribution in [3.63, 3.8) is 0 Å². The lowest BCUT2D eigenvalue weighted by atomic mass is 9.84. The number of anilines is 1. The van der Waals surface area contributed by atoms with Crippen LogP contribution in [0.5, 0.6) is 0 Å². The first-order valence-corrected chi connectivity index (χ1v) is 11.4. The van der Waals surface area contributed by atoms with E-state index in [-0.39, 0.29) is 11.6 Å². The van der Waals surface area contributed by atoms with Gasteiger partial charge in [-0.1, -0.05) is 0 Å². The number of nitrogens with zero attached hydrogens (tertiary/aromatic N) is 2. The van der Waals surface area contributed by atoms with Crippen molar-refractivity contribution in [2.24, 2.45) is 5.92 Å². The minimum absolute atomic E-state index is 0.121. The Morgan fingerprint density at radius 1 is 1.06 bits per heavy atom. The van der Waals surface area contributed by atoms with Gasteiger partial charge in [0, 0.05) is 52.4 Å². The summed E-state index contributed by atoms with van der Waals surface area (Å²) in [6.07, 6.45) is 6.72. The highest BCUT2D eigenvalue weighted by molar-refractivity contribution is 5.76. The molecular weight excluding hydrogens is 407 g/mol. The second kappa shape index (κ2) is 11.7. The van der Waals surface area contributed by atoms with E-state index in [2.05, 4.69) is 10.2 Å². The number of hydrogen-bond donors (Lipinski definition) is 1. The van der Waals surface area contributed by atoms with E-state index >= 15 is 0 Å². The number of carbonyl (C=O) groups is 1. The Kier molecular flexibility index (Phi) is 9.02. The van der Waals surface area contributed by atoms with Crippen LogP contribution in [0.2, 0.25) is 0 Å². The highest BCUT2D eigenvalue weighted by atomic mass is 19.2. The molecule has 1 aliphatic heterocycles. The third-order valence-corrected chi connectivity index (χ3v) is 6.55. The number of amides is 1. The van der Waals surface area contributed by atoms with Crippen LogP contribution in [0.4, 0.5) is 18.9 Å². The van der Waals surface area contributed by atoms with Crippen molar-refractivity contribution in [2.45, 2.75) is 51.0 Å². The zero-order valence-electron chi connectivity index (χ0n) is 18.3. The second-order valence-corrected chi connectivity index (χ2v) is 8.69. The van der Waals surface area contributed by atoms with Crippen molar-refractivity contribution < 1.29 is 22.7 Å². The van der Waals surface area contributed by atoms with Crippen molar-refractivity contribution in [1.82, 2.24) is 10.2 Å². The molecule has 2 fully saturated rings. The minimum Gasteiger partial charge on any atom is -0.385 e. The van der Waals surface area contributed by atoms with Crippen LogP contribution in [0.3, 0.4) is 0 Å². The summed E-state index contributed by atoms with van der Waals surface area (Å²) >= 11 is 0. The van der Waals surface area contributed by atoms with Crippen LogP contribution in [0.1, 0.15) is 44.9 Å². The summed E-state index contributed by atoms with van der Waals surface area (Å²) in [5, 5.41) is 3.14. The summed E-state index contributed by atoms with van der Waals surface area (Å²) in [6.45, 7) is 4.38. The molecule has 1 aromatic carbocycles. The zero-order chi connectivity index (χ0) is 22.2. The monoisotopic (exact) mass is 441 g/mol. The summed E-state index contributed by atoms with van der Waals surface area (Å²) in [7, 11) is 1.64. The predicted molar refractivity (Wildman–Crippen MR) is 115 cm³/mol. The Morgan fingerprint density at radius 2 is 1.77 bits per heavy atom. The molecule has 0 spiro atoms. The minimum atomic E-state index is -1.40. The van der Waals surface area contributed by atoms with E-state index in [0.29, 0.717) is 38.1 Å². The van der Waals surface area contributed by atoms with Crippen molar-refractivity contribution >= 4 is 11.6 Å². The van der Waals surface area contributed by atoms with Gasteiger partial charge >= 0.3 is 0 Å². The van der Waals surface area contributed by atoms with Crippen molar-refractivity contribution in [1.29, 1.82) is 0 Å². The summed E-state index contributed by atoms with van der Waals surface area (Å²) in [6, 6.07) is 2.59. The maximum absolute atomic E-state index is 14.0. The van der Waals surface area contributed by atoms with E-state index in [1.807, 2.05) is 0 Å². The molecule has 1 aliphatic carbocycles. The number of methoxy groups -OCH3 is 1. The van der Waals surface area contributed by atoms with Gasteiger partial charge in [-0.25, -0.2) is 13.2 Å². The predicted octanol–water partition coefficient (Wildman–Crippen LogP) is 3.72. The van der Waals surface area contributed by atoms with Gasteiger partial charge in [0.15, 0.2) is 17.5 Å². The Morgan fingerprint density at radius 3 is 2.45 bits per heavy atom. The Balaban J connectivity index is 1.33. The summed E-state index contributed by atoms with van der Waals surface area (Å²) in [4.78, 5) is 16.1. The third kappa shape index (κ3) is 6.84. The van der Waals surface area contributed by atoms with Crippen LogP contribution in [-0.2, 0) is 9.53 Å². The van der Waals surface area contributed by atoms with E-state index in [1.165, 1.54) is 6.07 Å². The molecule has 2 aliphatic rings. The molecule has 1 heterocycles. The van der Waals surface area contributed by atoms with Gasteiger partial charge in [-0.2, -0.15) is 0 Å². The molecule has 0 unspecified atom stereocenters. The number of carbonyl (C=O) groups excluding carboxylic acids is 1. The number of benzene rings is 1. The molecule has 0 bridgehead atoms. The molecule has 8 heteroatoms. The van der Waals surface area contributed by atoms with E-state index in [1.54, 1.807) is 12.0 Å². The topological polar surface area (TPSA) is 44.8 Å². The number of rotatable bonds is 9. The highest BCUT2D eigenvalue weighted by Gasteiger charge is 2.25. The molecule has 1 saturated carbocycles. The van der Waals surface area contributed by atoms with Crippen LogP contribution < -0.4 is 10.2 Å². The normalized spacial score (nSPS) is 22.5. The van der Waals surface area contributed by atoms with Gasteiger partial charge in [-0.15, -0.1) is 0 Å². The van der Waals surface area contributed by atoms with Gasteiger partial charge in [-0.3, -0.25) is 9.69 Å². The lowest BCUT2D eigenvalue weighted by molar-refractivity contribution is -0.122. The van der Waals surface area contributed by atoms with E-state index < -0.39 is 17.5 Å². The molecular formula is C23H34F3N3O2. The lowest BCUT2D eigenvalue weighted by Gasteiger charge is -2.37. The molecule has 1 saturated heterocycles. The zero-order valence-corrected chi connectivity index (χ0v) is 18.3. The number of halogens is 3. The van der Waals surface area contributed by atoms with Gasteiger partial charge in [0.2, 0.25) is 5.91 Å². The first-order valence-electron chi connectivity index (χ1n) is 11.4.